The predicted molar refractivity (Wildman–Crippen MR) is 131 cm³/mol. The molecule has 1 amide bonds. The lowest BCUT2D eigenvalue weighted by molar-refractivity contribution is 0.102. The van der Waals surface area contributed by atoms with Gasteiger partial charge in [-0.2, -0.15) is 4.31 Å². The van der Waals surface area contributed by atoms with Gasteiger partial charge in [-0.3, -0.25) is 9.59 Å². The average molecular weight is 475 g/mol. The first-order valence-corrected chi connectivity index (χ1v) is 13.1. The SMILES string of the molecule is CCN(CC)S(=O)(=O)c1ccc(N2CCC(C)CC2)c(C(=O)Nc2ccc(=O)n(CC)c2)c1. The molecule has 180 valence electrons. The number of anilines is 2. The standard InChI is InChI=1S/C24H34N4O4S/c1-5-26-17-19(8-11-23(26)29)25-24(30)21-16-20(33(31,32)28(6-2)7-3)9-10-22(21)27-14-12-18(4)13-15-27/h8-11,16-18H,5-7,12-15H2,1-4H3,(H,25,30). The number of piperidine rings is 1. The van der Waals surface area contributed by atoms with Gasteiger partial charge in [-0.15, -0.1) is 0 Å². The number of hydrogen-bond acceptors (Lipinski definition) is 5. The monoisotopic (exact) mass is 474 g/mol. The molecule has 9 heteroatoms. The van der Waals surface area contributed by atoms with Gasteiger partial charge >= 0.3 is 0 Å². The highest BCUT2D eigenvalue weighted by Crippen LogP contribution is 2.30. The van der Waals surface area contributed by atoms with E-state index in [9.17, 15) is 18.0 Å². The predicted octanol–water partition coefficient (Wildman–Crippen LogP) is 3.39. The van der Waals surface area contributed by atoms with Crippen molar-refractivity contribution in [3.63, 3.8) is 0 Å². The fourth-order valence-corrected chi connectivity index (χ4v) is 5.63. The number of nitrogens with one attached hydrogen (secondary N) is 1. The van der Waals surface area contributed by atoms with Gasteiger partial charge in [0.25, 0.3) is 11.5 Å². The first-order valence-electron chi connectivity index (χ1n) is 11.6. The fraction of sp³-hybridized carbons (Fsp3) is 0.500. The molecule has 1 aliphatic heterocycles. The Kier molecular flexibility index (Phi) is 7.97. The van der Waals surface area contributed by atoms with Crippen molar-refractivity contribution in [3.8, 4) is 0 Å². The summed E-state index contributed by atoms with van der Waals surface area (Å²) in [5.41, 5.74) is 1.37. The number of rotatable bonds is 8. The summed E-state index contributed by atoms with van der Waals surface area (Å²) in [6, 6.07) is 7.79. The van der Waals surface area contributed by atoms with Gasteiger partial charge in [0.1, 0.15) is 0 Å². The zero-order valence-corrected chi connectivity index (χ0v) is 20.7. The van der Waals surface area contributed by atoms with Crippen LogP contribution in [0, 0.1) is 5.92 Å². The molecule has 33 heavy (non-hydrogen) atoms. The second-order valence-corrected chi connectivity index (χ2v) is 10.4. The summed E-state index contributed by atoms with van der Waals surface area (Å²) in [4.78, 5) is 27.5. The van der Waals surface area contributed by atoms with Crippen LogP contribution in [0.2, 0.25) is 0 Å². The zero-order chi connectivity index (χ0) is 24.2. The number of sulfonamides is 1. The molecule has 1 saturated heterocycles. The van der Waals surface area contributed by atoms with Gasteiger partial charge in [0.15, 0.2) is 0 Å². The first-order chi connectivity index (χ1) is 15.7. The lowest BCUT2D eigenvalue weighted by Gasteiger charge is -2.33. The molecule has 1 fully saturated rings. The van der Waals surface area contributed by atoms with Crippen molar-refractivity contribution in [2.24, 2.45) is 5.92 Å². The Morgan fingerprint density at radius 2 is 1.76 bits per heavy atom. The van der Waals surface area contributed by atoms with Crippen LogP contribution in [-0.4, -0.2) is 49.4 Å². The highest BCUT2D eigenvalue weighted by molar-refractivity contribution is 7.89. The Morgan fingerprint density at radius 1 is 1.09 bits per heavy atom. The first kappa shape index (κ1) is 25.0. The van der Waals surface area contributed by atoms with E-state index in [-0.39, 0.29) is 10.5 Å². The lowest BCUT2D eigenvalue weighted by atomic mass is 9.98. The molecule has 0 saturated carbocycles. The van der Waals surface area contributed by atoms with Gasteiger partial charge in [-0.05, 0) is 49.9 Å². The van der Waals surface area contributed by atoms with E-state index in [1.54, 1.807) is 38.2 Å². The molecule has 1 aliphatic rings. The Bertz CT molecular complexity index is 1150. The van der Waals surface area contributed by atoms with Crippen LogP contribution in [0.4, 0.5) is 11.4 Å². The molecule has 3 rings (SSSR count). The van der Waals surface area contributed by atoms with Crippen molar-refractivity contribution >= 4 is 27.3 Å². The Hall–Kier alpha value is -2.65. The van der Waals surface area contributed by atoms with Crippen molar-refractivity contribution in [2.45, 2.75) is 52.0 Å². The number of carbonyl (C=O) groups is 1. The number of hydrogen-bond donors (Lipinski definition) is 1. The van der Waals surface area contributed by atoms with Crippen LogP contribution in [0.25, 0.3) is 0 Å². The van der Waals surface area contributed by atoms with Gasteiger partial charge in [-0.25, -0.2) is 8.42 Å². The van der Waals surface area contributed by atoms with Gasteiger partial charge in [0, 0.05) is 50.7 Å². The van der Waals surface area contributed by atoms with Crippen LogP contribution in [-0.2, 0) is 16.6 Å². The van der Waals surface area contributed by atoms with Crippen LogP contribution in [0.1, 0.15) is 50.9 Å². The maximum Gasteiger partial charge on any atom is 0.257 e. The summed E-state index contributed by atoms with van der Waals surface area (Å²) in [6.45, 7) is 10.5. The third-order valence-corrected chi connectivity index (χ3v) is 8.31. The molecule has 0 bridgehead atoms. The molecule has 0 unspecified atom stereocenters. The molecule has 2 heterocycles. The van der Waals surface area contributed by atoms with Crippen molar-refractivity contribution in [1.82, 2.24) is 8.87 Å². The van der Waals surface area contributed by atoms with Gasteiger partial charge < -0.3 is 14.8 Å². The van der Waals surface area contributed by atoms with Crippen molar-refractivity contribution in [3.05, 3.63) is 52.4 Å². The van der Waals surface area contributed by atoms with Crippen LogP contribution in [0.5, 0.6) is 0 Å². The molecule has 0 aliphatic carbocycles. The number of carbonyl (C=O) groups excluding carboxylic acids is 1. The maximum atomic E-state index is 13.4. The van der Waals surface area contributed by atoms with Crippen molar-refractivity contribution in [2.75, 3.05) is 36.4 Å². The van der Waals surface area contributed by atoms with Crippen LogP contribution < -0.4 is 15.8 Å². The normalized spacial score (nSPS) is 15.1. The maximum absolute atomic E-state index is 13.4. The van der Waals surface area contributed by atoms with E-state index in [0.29, 0.717) is 36.8 Å². The number of benzene rings is 1. The quantitative estimate of drug-likeness (QED) is 0.633. The number of aryl methyl sites for hydroxylation is 1. The summed E-state index contributed by atoms with van der Waals surface area (Å²) < 4.78 is 29.1. The second kappa shape index (κ2) is 10.5. The van der Waals surface area contributed by atoms with Gasteiger partial charge in [0.05, 0.1) is 16.1 Å². The van der Waals surface area contributed by atoms with Crippen LogP contribution in [0.3, 0.4) is 0 Å². The number of pyridine rings is 1. The largest absolute Gasteiger partial charge is 0.371 e. The van der Waals surface area contributed by atoms with E-state index in [1.165, 1.54) is 21.0 Å². The van der Waals surface area contributed by atoms with Gasteiger partial charge in [0.2, 0.25) is 10.0 Å². The lowest BCUT2D eigenvalue weighted by Crippen LogP contribution is -2.35. The molecule has 1 aromatic carbocycles. The summed E-state index contributed by atoms with van der Waals surface area (Å²) in [5.74, 6) is 0.220. The summed E-state index contributed by atoms with van der Waals surface area (Å²) >= 11 is 0. The molecule has 0 radical (unpaired) electrons. The Labute approximate surface area is 196 Å². The minimum Gasteiger partial charge on any atom is -0.371 e. The fourth-order valence-electron chi connectivity index (χ4n) is 4.15. The minimum atomic E-state index is -3.71. The molecular formula is C24H34N4O4S. The Balaban J connectivity index is 2.03. The highest BCUT2D eigenvalue weighted by atomic mass is 32.2. The third kappa shape index (κ3) is 5.47. The molecule has 1 N–H and O–H groups in total. The van der Waals surface area contributed by atoms with Crippen LogP contribution >= 0.6 is 0 Å². The summed E-state index contributed by atoms with van der Waals surface area (Å²) in [7, 11) is -3.71. The molecule has 0 spiro atoms. The van der Waals surface area contributed by atoms with E-state index in [0.717, 1.165) is 31.6 Å². The number of aromatic nitrogens is 1. The van der Waals surface area contributed by atoms with Crippen LogP contribution in [0.15, 0.2) is 46.2 Å². The van der Waals surface area contributed by atoms with E-state index < -0.39 is 15.9 Å². The average Bonchev–Trinajstić information content (AvgIpc) is 2.81. The molecule has 8 nitrogen and oxygen atoms in total. The van der Waals surface area contributed by atoms with Gasteiger partial charge in [-0.1, -0.05) is 20.8 Å². The second-order valence-electron chi connectivity index (χ2n) is 8.43. The highest BCUT2D eigenvalue weighted by Gasteiger charge is 2.27. The van der Waals surface area contributed by atoms with E-state index in [4.69, 9.17) is 0 Å². The number of nitrogens with zero attached hydrogens (tertiary/aromatic N) is 3. The van der Waals surface area contributed by atoms with Crippen molar-refractivity contribution in [1.29, 1.82) is 0 Å². The summed E-state index contributed by atoms with van der Waals surface area (Å²) in [6.07, 6.45) is 3.63. The smallest absolute Gasteiger partial charge is 0.257 e. The summed E-state index contributed by atoms with van der Waals surface area (Å²) in [5, 5.41) is 2.85. The minimum absolute atomic E-state index is 0.101. The van der Waals surface area contributed by atoms with E-state index >= 15 is 0 Å². The molecule has 1 aromatic heterocycles. The molecular weight excluding hydrogens is 440 g/mol. The van der Waals surface area contributed by atoms with Crippen molar-refractivity contribution < 1.29 is 13.2 Å². The topological polar surface area (TPSA) is 91.7 Å². The Morgan fingerprint density at radius 3 is 2.36 bits per heavy atom. The third-order valence-electron chi connectivity index (χ3n) is 6.26. The number of amides is 1. The zero-order valence-electron chi connectivity index (χ0n) is 19.9. The van der Waals surface area contributed by atoms with E-state index in [2.05, 4.69) is 17.1 Å². The molecule has 2 aromatic rings. The molecule has 0 atom stereocenters. The van der Waals surface area contributed by atoms with E-state index in [1.807, 2.05) is 6.92 Å².